The Kier molecular flexibility index (Phi) is 6.10. The van der Waals surface area contributed by atoms with E-state index >= 15 is 0 Å². The van der Waals surface area contributed by atoms with Gasteiger partial charge in [-0.3, -0.25) is 4.79 Å². The molecule has 0 aliphatic heterocycles. The first kappa shape index (κ1) is 20.4. The summed E-state index contributed by atoms with van der Waals surface area (Å²) in [6.45, 7) is 1.88. The van der Waals surface area contributed by atoms with Gasteiger partial charge in [0.25, 0.3) is 0 Å². The molecule has 0 spiro atoms. The van der Waals surface area contributed by atoms with Crippen LogP contribution in [0.5, 0.6) is 5.75 Å². The Bertz CT molecular complexity index is 982. The van der Waals surface area contributed by atoms with Crippen LogP contribution in [0, 0.1) is 6.92 Å². The summed E-state index contributed by atoms with van der Waals surface area (Å²) >= 11 is 3.01. The van der Waals surface area contributed by atoms with Crippen molar-refractivity contribution >= 4 is 29.4 Å². The highest BCUT2D eigenvalue weighted by Gasteiger charge is 2.30. The van der Waals surface area contributed by atoms with Crippen LogP contribution in [-0.4, -0.2) is 18.4 Å². The SMILES string of the molecule is COc1cc(C=O)ccc1SCc1sc(-c2ccc(C(F)(F)F)cc2)nc1C. The molecule has 1 aromatic heterocycles. The van der Waals surface area contributed by atoms with Crippen molar-refractivity contribution in [2.75, 3.05) is 7.11 Å². The normalized spacial score (nSPS) is 11.5. The Balaban J connectivity index is 1.77. The van der Waals surface area contributed by atoms with Crippen LogP contribution in [0.25, 0.3) is 10.6 Å². The van der Waals surface area contributed by atoms with Crippen molar-refractivity contribution in [1.29, 1.82) is 0 Å². The summed E-state index contributed by atoms with van der Waals surface area (Å²) in [6.07, 6.45) is -3.59. The monoisotopic (exact) mass is 423 g/mol. The highest BCUT2D eigenvalue weighted by Crippen LogP contribution is 2.37. The van der Waals surface area contributed by atoms with Crippen molar-refractivity contribution in [2.45, 2.75) is 23.7 Å². The van der Waals surface area contributed by atoms with E-state index in [4.69, 9.17) is 4.74 Å². The van der Waals surface area contributed by atoms with Crippen molar-refractivity contribution < 1.29 is 22.7 Å². The van der Waals surface area contributed by atoms with Crippen molar-refractivity contribution in [2.24, 2.45) is 0 Å². The highest BCUT2D eigenvalue weighted by atomic mass is 32.2. The number of thioether (sulfide) groups is 1. The molecule has 8 heteroatoms. The smallest absolute Gasteiger partial charge is 0.416 e. The Labute approximate surface area is 168 Å². The van der Waals surface area contributed by atoms with Gasteiger partial charge >= 0.3 is 6.18 Å². The third-order valence-corrected chi connectivity index (χ3v) is 6.50. The number of hydrogen-bond donors (Lipinski definition) is 0. The second-order valence-electron chi connectivity index (χ2n) is 5.92. The third-order valence-electron chi connectivity index (χ3n) is 4.03. The van der Waals surface area contributed by atoms with Crippen LogP contribution in [0.1, 0.15) is 26.5 Å². The lowest BCUT2D eigenvalue weighted by Crippen LogP contribution is -2.03. The standard InChI is InChI=1S/C20H16F3NO2S2/c1-12-18(11-27-17-8-3-13(10-25)9-16(17)26-2)28-19(24-12)14-4-6-15(7-5-14)20(21,22)23/h3-10H,11H2,1-2H3. The van der Waals surface area contributed by atoms with E-state index in [1.807, 2.05) is 13.0 Å². The van der Waals surface area contributed by atoms with Crippen LogP contribution in [-0.2, 0) is 11.9 Å². The van der Waals surface area contributed by atoms with Crippen LogP contribution >= 0.6 is 23.1 Å². The van der Waals surface area contributed by atoms with Crippen LogP contribution < -0.4 is 4.74 Å². The van der Waals surface area contributed by atoms with E-state index in [-0.39, 0.29) is 0 Å². The van der Waals surface area contributed by atoms with Crippen molar-refractivity contribution in [3.8, 4) is 16.3 Å². The molecule has 0 N–H and O–H groups in total. The molecule has 0 amide bonds. The number of carbonyl (C=O) groups excluding carboxylic acids is 1. The number of aromatic nitrogens is 1. The fourth-order valence-electron chi connectivity index (χ4n) is 2.51. The molecule has 0 saturated heterocycles. The molecule has 1 heterocycles. The van der Waals surface area contributed by atoms with E-state index < -0.39 is 11.7 Å². The molecule has 0 aliphatic carbocycles. The van der Waals surface area contributed by atoms with E-state index in [0.717, 1.165) is 33.9 Å². The fourth-order valence-corrected chi connectivity index (χ4v) is 4.73. The van der Waals surface area contributed by atoms with E-state index in [1.165, 1.54) is 23.5 Å². The van der Waals surface area contributed by atoms with Gasteiger partial charge in [0.05, 0.1) is 18.4 Å². The van der Waals surface area contributed by atoms with Gasteiger partial charge < -0.3 is 4.74 Å². The number of thiazole rings is 1. The molecule has 0 atom stereocenters. The first-order valence-electron chi connectivity index (χ1n) is 8.21. The number of methoxy groups -OCH3 is 1. The maximum absolute atomic E-state index is 12.7. The van der Waals surface area contributed by atoms with E-state index in [0.29, 0.717) is 27.6 Å². The highest BCUT2D eigenvalue weighted by molar-refractivity contribution is 7.98. The summed E-state index contributed by atoms with van der Waals surface area (Å²) in [5.74, 6) is 1.26. The molecule has 3 aromatic rings. The molecule has 146 valence electrons. The van der Waals surface area contributed by atoms with Gasteiger partial charge in [0.2, 0.25) is 0 Å². The van der Waals surface area contributed by atoms with E-state index in [2.05, 4.69) is 4.98 Å². The number of benzene rings is 2. The predicted molar refractivity (Wildman–Crippen MR) is 105 cm³/mol. The number of aryl methyl sites for hydroxylation is 1. The summed E-state index contributed by atoms with van der Waals surface area (Å²) in [5.41, 5.74) is 1.37. The van der Waals surface area contributed by atoms with Crippen LogP contribution in [0.4, 0.5) is 13.2 Å². The molecule has 3 rings (SSSR count). The number of hydrogen-bond acceptors (Lipinski definition) is 5. The zero-order chi connectivity index (χ0) is 20.3. The number of carbonyl (C=O) groups is 1. The van der Waals surface area contributed by atoms with Gasteiger partial charge in [-0.1, -0.05) is 18.2 Å². The minimum Gasteiger partial charge on any atom is -0.496 e. The third kappa shape index (κ3) is 4.56. The molecule has 0 bridgehead atoms. The molecule has 28 heavy (non-hydrogen) atoms. The second-order valence-corrected chi connectivity index (χ2v) is 8.02. The first-order valence-corrected chi connectivity index (χ1v) is 10.0. The largest absolute Gasteiger partial charge is 0.496 e. The van der Waals surface area contributed by atoms with Crippen molar-refractivity contribution in [3.05, 3.63) is 64.2 Å². The van der Waals surface area contributed by atoms with Gasteiger partial charge in [-0.2, -0.15) is 13.2 Å². The summed E-state index contributed by atoms with van der Waals surface area (Å²) in [4.78, 5) is 17.3. The summed E-state index contributed by atoms with van der Waals surface area (Å²) in [6, 6.07) is 10.3. The molecular formula is C20H16F3NO2S2. The Morgan fingerprint density at radius 2 is 1.89 bits per heavy atom. The average Bonchev–Trinajstić information content (AvgIpc) is 3.06. The van der Waals surface area contributed by atoms with Crippen molar-refractivity contribution in [1.82, 2.24) is 4.98 Å². The van der Waals surface area contributed by atoms with Crippen LogP contribution in [0.15, 0.2) is 47.4 Å². The molecule has 2 aromatic carbocycles. The molecule has 0 aliphatic rings. The first-order chi connectivity index (χ1) is 13.3. The number of alkyl halides is 3. The van der Waals surface area contributed by atoms with Crippen LogP contribution in [0.2, 0.25) is 0 Å². The maximum Gasteiger partial charge on any atom is 0.416 e. The maximum atomic E-state index is 12.7. The summed E-state index contributed by atoms with van der Waals surface area (Å²) < 4.78 is 43.5. The number of nitrogens with zero attached hydrogens (tertiary/aromatic N) is 1. The fraction of sp³-hybridized carbons (Fsp3) is 0.200. The van der Waals surface area contributed by atoms with Gasteiger partial charge in [-0.15, -0.1) is 23.1 Å². The molecule has 0 fully saturated rings. The van der Waals surface area contributed by atoms with Gasteiger partial charge in [-0.05, 0) is 31.2 Å². The number of halogens is 3. The summed E-state index contributed by atoms with van der Waals surface area (Å²) in [7, 11) is 1.55. The molecule has 0 saturated carbocycles. The summed E-state index contributed by atoms with van der Waals surface area (Å²) in [5, 5.41) is 0.685. The Hall–Kier alpha value is -2.32. The molecule has 0 radical (unpaired) electrons. The Morgan fingerprint density at radius 1 is 1.18 bits per heavy atom. The number of rotatable bonds is 6. The zero-order valence-electron chi connectivity index (χ0n) is 15.0. The van der Waals surface area contributed by atoms with Gasteiger partial charge in [-0.25, -0.2) is 4.98 Å². The van der Waals surface area contributed by atoms with Crippen molar-refractivity contribution in [3.63, 3.8) is 0 Å². The predicted octanol–water partition coefficient (Wildman–Crippen LogP) is 6.25. The van der Waals surface area contributed by atoms with E-state index in [1.54, 1.807) is 31.0 Å². The Morgan fingerprint density at radius 3 is 2.50 bits per heavy atom. The molecular weight excluding hydrogens is 407 g/mol. The molecule has 0 unspecified atom stereocenters. The molecule has 3 nitrogen and oxygen atoms in total. The van der Waals surface area contributed by atoms with Gasteiger partial charge in [0.1, 0.15) is 17.0 Å². The lowest BCUT2D eigenvalue weighted by atomic mass is 10.1. The number of ether oxygens (including phenoxy) is 1. The number of aldehydes is 1. The average molecular weight is 423 g/mol. The quantitative estimate of drug-likeness (QED) is 0.347. The zero-order valence-corrected chi connectivity index (χ0v) is 16.7. The minimum atomic E-state index is -4.35. The lowest BCUT2D eigenvalue weighted by Gasteiger charge is -2.08. The minimum absolute atomic E-state index is 0.541. The second kappa shape index (κ2) is 8.36. The van der Waals surface area contributed by atoms with Gasteiger partial charge in [0.15, 0.2) is 0 Å². The van der Waals surface area contributed by atoms with E-state index in [9.17, 15) is 18.0 Å². The lowest BCUT2D eigenvalue weighted by molar-refractivity contribution is -0.137. The van der Waals surface area contributed by atoms with Gasteiger partial charge in [0, 0.05) is 26.7 Å². The topological polar surface area (TPSA) is 39.2 Å². The van der Waals surface area contributed by atoms with Crippen LogP contribution in [0.3, 0.4) is 0 Å².